The maximum Gasteiger partial charge on any atom is 0.295 e. The second-order valence-corrected chi connectivity index (χ2v) is 7.27. The first-order chi connectivity index (χ1) is 14.1. The molecule has 2 aromatic heterocycles. The number of anilines is 1. The first-order valence-corrected chi connectivity index (χ1v) is 9.57. The SMILES string of the molecule is COc1ccc(OC)c(Sc2nc3c([nH]2)c(N)nc[n+]3Cc2ccc(F)cc2)c1. The molecule has 0 saturated carbocycles. The van der Waals surface area contributed by atoms with Crippen molar-refractivity contribution in [1.82, 2.24) is 15.0 Å². The second-order valence-electron chi connectivity index (χ2n) is 6.24. The smallest absolute Gasteiger partial charge is 0.295 e. The zero-order valence-corrected chi connectivity index (χ0v) is 16.7. The highest BCUT2D eigenvalue weighted by molar-refractivity contribution is 7.99. The highest BCUT2D eigenvalue weighted by Gasteiger charge is 2.20. The minimum atomic E-state index is -0.273. The molecule has 9 heteroatoms. The number of aromatic nitrogens is 4. The van der Waals surface area contributed by atoms with E-state index in [0.29, 0.717) is 34.4 Å². The molecule has 0 amide bonds. The molecule has 0 bridgehead atoms. The molecule has 0 aliphatic carbocycles. The van der Waals surface area contributed by atoms with Crippen molar-refractivity contribution in [3.8, 4) is 11.5 Å². The van der Waals surface area contributed by atoms with E-state index in [0.717, 1.165) is 16.2 Å². The third-order valence-corrected chi connectivity index (χ3v) is 5.30. The number of rotatable bonds is 6. The van der Waals surface area contributed by atoms with E-state index in [9.17, 15) is 4.39 Å². The summed E-state index contributed by atoms with van der Waals surface area (Å²) < 4.78 is 25.8. The fraction of sp³-hybridized carbons (Fsp3) is 0.150. The van der Waals surface area contributed by atoms with Crippen LogP contribution in [0.3, 0.4) is 0 Å². The molecule has 4 rings (SSSR count). The van der Waals surface area contributed by atoms with Crippen LogP contribution in [-0.2, 0) is 6.54 Å². The average Bonchev–Trinajstić information content (AvgIpc) is 3.16. The summed E-state index contributed by atoms with van der Waals surface area (Å²) in [4.78, 5) is 13.0. The third-order valence-electron chi connectivity index (χ3n) is 4.37. The number of ether oxygens (including phenoxy) is 2. The molecule has 0 spiro atoms. The van der Waals surface area contributed by atoms with Gasteiger partial charge in [0.15, 0.2) is 5.52 Å². The molecule has 0 radical (unpaired) electrons. The van der Waals surface area contributed by atoms with Crippen molar-refractivity contribution in [1.29, 1.82) is 0 Å². The van der Waals surface area contributed by atoms with Gasteiger partial charge < -0.3 is 20.2 Å². The normalized spacial score (nSPS) is 11.0. The molecule has 29 heavy (non-hydrogen) atoms. The number of halogens is 1. The highest BCUT2D eigenvalue weighted by atomic mass is 32.2. The van der Waals surface area contributed by atoms with E-state index in [-0.39, 0.29) is 5.82 Å². The van der Waals surface area contributed by atoms with Gasteiger partial charge in [0.05, 0.1) is 25.7 Å². The number of aromatic amines is 1. The molecule has 4 aromatic rings. The molecule has 3 N–H and O–H groups in total. The van der Waals surface area contributed by atoms with Crippen LogP contribution in [-0.4, -0.2) is 29.2 Å². The van der Waals surface area contributed by atoms with Crippen LogP contribution in [0.5, 0.6) is 11.5 Å². The van der Waals surface area contributed by atoms with Gasteiger partial charge in [-0.3, -0.25) is 0 Å². The summed E-state index contributed by atoms with van der Waals surface area (Å²) in [5, 5.41) is 0.638. The van der Waals surface area contributed by atoms with Crippen molar-refractivity contribution in [2.75, 3.05) is 20.0 Å². The average molecular weight is 412 g/mol. The second kappa shape index (κ2) is 7.96. The lowest BCUT2D eigenvalue weighted by Crippen LogP contribution is -2.36. The number of hydrogen-bond donors (Lipinski definition) is 2. The Morgan fingerprint density at radius 2 is 1.93 bits per heavy atom. The molecule has 2 aromatic carbocycles. The Morgan fingerprint density at radius 3 is 2.66 bits per heavy atom. The number of benzene rings is 2. The van der Waals surface area contributed by atoms with Gasteiger partial charge in [0.25, 0.3) is 5.65 Å². The monoisotopic (exact) mass is 412 g/mol. The number of fused-ring (bicyclic) bond motifs is 1. The number of imidazole rings is 1. The van der Waals surface area contributed by atoms with Crippen molar-refractivity contribution >= 4 is 28.7 Å². The van der Waals surface area contributed by atoms with Crippen LogP contribution in [0.2, 0.25) is 0 Å². The van der Waals surface area contributed by atoms with E-state index < -0.39 is 0 Å². The molecule has 7 nitrogen and oxygen atoms in total. The number of nitrogens with two attached hydrogens (primary N) is 1. The Hall–Kier alpha value is -3.33. The maximum absolute atomic E-state index is 13.2. The van der Waals surface area contributed by atoms with E-state index in [4.69, 9.17) is 20.2 Å². The highest BCUT2D eigenvalue weighted by Crippen LogP contribution is 2.36. The predicted octanol–water partition coefficient (Wildman–Crippen LogP) is 3.18. The molecular weight excluding hydrogens is 393 g/mol. The minimum absolute atomic E-state index is 0.273. The van der Waals surface area contributed by atoms with Crippen LogP contribution in [0.4, 0.5) is 10.2 Å². The van der Waals surface area contributed by atoms with Crippen LogP contribution in [0.1, 0.15) is 5.56 Å². The van der Waals surface area contributed by atoms with Crippen LogP contribution >= 0.6 is 11.8 Å². The molecule has 0 aliphatic heterocycles. The summed E-state index contributed by atoms with van der Waals surface area (Å²) in [7, 11) is 3.23. The first-order valence-electron chi connectivity index (χ1n) is 8.75. The van der Waals surface area contributed by atoms with Crippen LogP contribution in [0, 0.1) is 5.82 Å². The van der Waals surface area contributed by atoms with Crippen LogP contribution < -0.4 is 19.8 Å². The van der Waals surface area contributed by atoms with Crippen LogP contribution in [0.25, 0.3) is 11.2 Å². The maximum atomic E-state index is 13.2. The van der Waals surface area contributed by atoms with Gasteiger partial charge >= 0.3 is 0 Å². The topological polar surface area (TPSA) is 89.9 Å². The first kappa shape index (κ1) is 19.0. The summed E-state index contributed by atoms with van der Waals surface area (Å²) in [6, 6.07) is 11.9. The van der Waals surface area contributed by atoms with Gasteiger partial charge in [-0.25, -0.2) is 8.96 Å². The summed E-state index contributed by atoms with van der Waals surface area (Å²) in [6.07, 6.45) is 1.63. The Bertz CT molecular complexity index is 1160. The van der Waals surface area contributed by atoms with Crippen molar-refractivity contribution in [2.24, 2.45) is 0 Å². The molecule has 0 atom stereocenters. The number of nitrogens with one attached hydrogen (secondary N) is 1. The standard InChI is InChI=1S/C20H18FN5O2S/c1-27-14-7-8-15(28-2)16(9-14)29-20-24-17-18(22)23-11-26(19(17)25-20)10-12-3-5-13(21)6-4-12/h3-9,11H,10H2,1-2H3,(H2,22,24,25)/p+1. The fourth-order valence-corrected chi connectivity index (χ4v) is 3.82. The van der Waals surface area contributed by atoms with E-state index in [1.807, 2.05) is 22.8 Å². The number of H-pyrrole nitrogens is 1. The summed E-state index contributed by atoms with van der Waals surface area (Å²) in [5.41, 5.74) is 8.27. The summed E-state index contributed by atoms with van der Waals surface area (Å²) >= 11 is 1.40. The Kier molecular flexibility index (Phi) is 5.22. The van der Waals surface area contributed by atoms with Crippen molar-refractivity contribution < 1.29 is 18.4 Å². The zero-order chi connectivity index (χ0) is 20.4. The quantitative estimate of drug-likeness (QED) is 0.473. The fourth-order valence-electron chi connectivity index (χ4n) is 2.90. The Morgan fingerprint density at radius 1 is 1.14 bits per heavy atom. The predicted molar refractivity (Wildman–Crippen MR) is 108 cm³/mol. The van der Waals surface area contributed by atoms with Gasteiger partial charge in [0.2, 0.25) is 17.3 Å². The molecule has 0 aliphatic rings. The van der Waals surface area contributed by atoms with Gasteiger partial charge in [-0.2, -0.15) is 0 Å². The van der Waals surface area contributed by atoms with Crippen molar-refractivity contribution in [3.05, 3.63) is 60.2 Å². The number of nitrogens with zero attached hydrogens (tertiary/aromatic N) is 3. The van der Waals surface area contributed by atoms with E-state index in [1.54, 1.807) is 32.7 Å². The van der Waals surface area contributed by atoms with Crippen molar-refractivity contribution in [2.45, 2.75) is 16.6 Å². The largest absolute Gasteiger partial charge is 0.497 e. The van der Waals surface area contributed by atoms with Crippen LogP contribution in [0.15, 0.2) is 58.8 Å². The number of methoxy groups -OCH3 is 2. The lowest BCUT2D eigenvalue weighted by atomic mass is 10.2. The zero-order valence-electron chi connectivity index (χ0n) is 15.8. The molecule has 0 fully saturated rings. The van der Waals surface area contributed by atoms with Gasteiger partial charge in [0, 0.05) is 0 Å². The lowest BCUT2D eigenvalue weighted by Gasteiger charge is -2.07. The molecule has 2 heterocycles. The third kappa shape index (κ3) is 3.95. The van der Waals surface area contributed by atoms with Crippen molar-refractivity contribution in [3.63, 3.8) is 0 Å². The summed E-state index contributed by atoms with van der Waals surface area (Å²) in [5.74, 6) is 1.51. The molecule has 148 valence electrons. The lowest BCUT2D eigenvalue weighted by molar-refractivity contribution is -0.667. The van der Waals surface area contributed by atoms with Gasteiger partial charge in [0.1, 0.15) is 17.3 Å². The molecule has 0 unspecified atom stereocenters. The molecule has 0 saturated heterocycles. The number of nitrogen functional groups attached to an aromatic ring is 1. The summed E-state index contributed by atoms with van der Waals surface area (Å²) in [6.45, 7) is 0.488. The molecular formula is C20H19FN5O2S+. The van der Waals surface area contributed by atoms with Gasteiger partial charge in [-0.1, -0.05) is 22.1 Å². The number of hydrogen-bond acceptors (Lipinski definition) is 6. The van der Waals surface area contributed by atoms with Gasteiger partial charge in [-0.15, -0.1) is 0 Å². The van der Waals surface area contributed by atoms with E-state index in [2.05, 4.69) is 9.97 Å². The Balaban J connectivity index is 1.70. The minimum Gasteiger partial charge on any atom is -0.497 e. The Labute approximate surface area is 170 Å². The van der Waals surface area contributed by atoms with E-state index in [1.165, 1.54) is 23.9 Å². The van der Waals surface area contributed by atoms with Gasteiger partial charge in [-0.05, 0) is 47.7 Å². The van der Waals surface area contributed by atoms with E-state index >= 15 is 0 Å².